The zero-order valence-corrected chi connectivity index (χ0v) is 10.9. The van der Waals surface area contributed by atoms with Crippen LogP contribution in [0.4, 0.5) is 0 Å². The van der Waals surface area contributed by atoms with Crippen molar-refractivity contribution < 1.29 is 33.3 Å². The predicted octanol–water partition coefficient (Wildman–Crippen LogP) is -0.133. The Labute approximate surface area is 105 Å². The van der Waals surface area contributed by atoms with Gasteiger partial charge >= 0.3 is 11.9 Å². The summed E-state index contributed by atoms with van der Waals surface area (Å²) in [4.78, 5) is 22.0. The van der Waals surface area contributed by atoms with E-state index >= 15 is 0 Å². The Balaban J connectivity index is 2.78. The molecular formula is C11H18O7. The summed E-state index contributed by atoms with van der Waals surface area (Å²) in [6, 6.07) is 0. The lowest BCUT2D eigenvalue weighted by Crippen LogP contribution is -2.44. The Kier molecular flexibility index (Phi) is 5.52. The second-order valence-corrected chi connectivity index (χ2v) is 3.86. The van der Waals surface area contributed by atoms with Gasteiger partial charge in [0.05, 0.1) is 6.61 Å². The minimum atomic E-state index is -0.740. The maximum atomic E-state index is 11.1. The van der Waals surface area contributed by atoms with E-state index < -0.39 is 36.5 Å². The Morgan fingerprint density at radius 3 is 2.11 bits per heavy atom. The molecule has 1 unspecified atom stereocenters. The van der Waals surface area contributed by atoms with E-state index in [-0.39, 0.29) is 6.61 Å². The van der Waals surface area contributed by atoms with E-state index in [4.69, 9.17) is 23.7 Å². The molecule has 0 saturated carbocycles. The first kappa shape index (κ1) is 14.9. The van der Waals surface area contributed by atoms with Crippen LogP contribution in [0.1, 0.15) is 13.8 Å². The highest BCUT2D eigenvalue weighted by atomic mass is 16.7. The topological polar surface area (TPSA) is 80.3 Å². The van der Waals surface area contributed by atoms with Crippen LogP contribution < -0.4 is 0 Å². The van der Waals surface area contributed by atoms with Crippen molar-refractivity contribution in [3.63, 3.8) is 0 Å². The fourth-order valence-corrected chi connectivity index (χ4v) is 1.85. The van der Waals surface area contributed by atoms with Gasteiger partial charge < -0.3 is 23.7 Å². The van der Waals surface area contributed by atoms with Gasteiger partial charge in [-0.1, -0.05) is 0 Å². The van der Waals surface area contributed by atoms with Crippen molar-refractivity contribution in [2.75, 3.05) is 20.8 Å². The summed E-state index contributed by atoms with van der Waals surface area (Å²) in [6.45, 7) is 2.68. The summed E-state index contributed by atoms with van der Waals surface area (Å²) in [5.74, 6) is -0.952. The molecule has 1 fully saturated rings. The summed E-state index contributed by atoms with van der Waals surface area (Å²) in [5.41, 5.74) is 0. The van der Waals surface area contributed by atoms with E-state index in [9.17, 15) is 9.59 Å². The molecule has 1 aliphatic rings. The van der Waals surface area contributed by atoms with E-state index in [1.54, 1.807) is 0 Å². The van der Waals surface area contributed by atoms with Gasteiger partial charge in [-0.25, -0.2) is 0 Å². The minimum absolute atomic E-state index is 0.130. The average molecular weight is 262 g/mol. The lowest BCUT2D eigenvalue weighted by atomic mass is 10.1. The van der Waals surface area contributed by atoms with Crippen LogP contribution >= 0.6 is 0 Å². The van der Waals surface area contributed by atoms with Gasteiger partial charge in [0.1, 0.15) is 6.10 Å². The largest absolute Gasteiger partial charge is 0.456 e. The molecule has 0 aromatic carbocycles. The molecule has 0 bridgehead atoms. The molecule has 1 saturated heterocycles. The molecule has 0 aromatic rings. The molecule has 0 aliphatic carbocycles. The molecule has 1 aliphatic heterocycles. The summed E-state index contributed by atoms with van der Waals surface area (Å²) in [7, 11) is 2.89. The molecule has 18 heavy (non-hydrogen) atoms. The summed E-state index contributed by atoms with van der Waals surface area (Å²) in [5, 5.41) is 0. The third-order valence-corrected chi connectivity index (χ3v) is 2.50. The molecule has 0 N–H and O–H groups in total. The first-order valence-electron chi connectivity index (χ1n) is 5.51. The standard InChI is InChI=1S/C11H18O7/c1-6(12)17-8-5-16-10(11(14-3)15-4)9(8)18-7(2)13/h8-11H,5H2,1-4H3/t8-,9-,10?/m1/s1. The number of carbonyl (C=O) groups is 2. The number of rotatable bonds is 5. The molecule has 104 valence electrons. The lowest BCUT2D eigenvalue weighted by molar-refractivity contribution is -0.197. The van der Waals surface area contributed by atoms with Crippen molar-refractivity contribution in [2.24, 2.45) is 0 Å². The predicted molar refractivity (Wildman–Crippen MR) is 58.7 cm³/mol. The zero-order valence-electron chi connectivity index (χ0n) is 10.9. The smallest absolute Gasteiger partial charge is 0.303 e. The van der Waals surface area contributed by atoms with Gasteiger partial charge in [-0.15, -0.1) is 0 Å². The monoisotopic (exact) mass is 262 g/mol. The molecule has 1 heterocycles. The van der Waals surface area contributed by atoms with Gasteiger partial charge in [0.25, 0.3) is 0 Å². The van der Waals surface area contributed by atoms with Gasteiger partial charge in [-0.3, -0.25) is 9.59 Å². The number of hydrogen-bond acceptors (Lipinski definition) is 7. The van der Waals surface area contributed by atoms with Gasteiger partial charge in [-0.2, -0.15) is 0 Å². The van der Waals surface area contributed by atoms with Crippen molar-refractivity contribution >= 4 is 11.9 Å². The average Bonchev–Trinajstić information content (AvgIpc) is 2.63. The Bertz CT molecular complexity index is 300. The molecule has 0 amide bonds. The van der Waals surface area contributed by atoms with E-state index in [0.29, 0.717) is 0 Å². The fraction of sp³-hybridized carbons (Fsp3) is 0.818. The Morgan fingerprint density at radius 1 is 1.11 bits per heavy atom. The van der Waals surface area contributed by atoms with Crippen LogP contribution in [0.25, 0.3) is 0 Å². The maximum Gasteiger partial charge on any atom is 0.303 e. The van der Waals surface area contributed by atoms with Gasteiger partial charge in [0.15, 0.2) is 18.5 Å². The number of methoxy groups -OCH3 is 2. The van der Waals surface area contributed by atoms with Crippen LogP contribution in [0.2, 0.25) is 0 Å². The molecule has 7 heteroatoms. The lowest BCUT2D eigenvalue weighted by Gasteiger charge is -2.26. The molecule has 7 nitrogen and oxygen atoms in total. The quantitative estimate of drug-likeness (QED) is 0.504. The number of ether oxygens (including phenoxy) is 5. The van der Waals surface area contributed by atoms with Crippen LogP contribution in [-0.4, -0.2) is 57.4 Å². The van der Waals surface area contributed by atoms with Crippen molar-refractivity contribution in [3.05, 3.63) is 0 Å². The Hall–Kier alpha value is -1.18. The first-order chi connectivity index (χ1) is 8.49. The zero-order chi connectivity index (χ0) is 13.7. The molecule has 1 rings (SSSR count). The van der Waals surface area contributed by atoms with Crippen molar-refractivity contribution in [3.8, 4) is 0 Å². The third-order valence-electron chi connectivity index (χ3n) is 2.50. The highest BCUT2D eigenvalue weighted by Crippen LogP contribution is 2.25. The molecule has 3 atom stereocenters. The fourth-order valence-electron chi connectivity index (χ4n) is 1.85. The number of esters is 2. The van der Waals surface area contributed by atoms with E-state index in [0.717, 1.165) is 0 Å². The normalized spacial score (nSPS) is 27.3. The summed E-state index contributed by atoms with van der Waals surface area (Å²) in [6.07, 6.45) is -2.72. The third kappa shape index (κ3) is 3.66. The van der Waals surface area contributed by atoms with Gasteiger partial charge in [0, 0.05) is 28.1 Å². The SMILES string of the molecule is COC(OC)C1OC[C@@H](OC(C)=O)[C@H]1OC(C)=O. The van der Waals surface area contributed by atoms with E-state index in [1.165, 1.54) is 28.1 Å². The van der Waals surface area contributed by atoms with Gasteiger partial charge in [-0.05, 0) is 0 Å². The molecule has 0 radical (unpaired) electrons. The van der Waals surface area contributed by atoms with Crippen molar-refractivity contribution in [2.45, 2.75) is 38.4 Å². The van der Waals surface area contributed by atoms with Crippen LogP contribution in [0.5, 0.6) is 0 Å². The van der Waals surface area contributed by atoms with Gasteiger partial charge in [0.2, 0.25) is 0 Å². The van der Waals surface area contributed by atoms with E-state index in [2.05, 4.69) is 0 Å². The van der Waals surface area contributed by atoms with Crippen LogP contribution in [-0.2, 0) is 33.3 Å². The summed E-state index contributed by atoms with van der Waals surface area (Å²) < 4.78 is 25.7. The van der Waals surface area contributed by atoms with Crippen LogP contribution in [0.3, 0.4) is 0 Å². The molecular weight excluding hydrogens is 244 g/mol. The van der Waals surface area contributed by atoms with Crippen molar-refractivity contribution in [1.82, 2.24) is 0 Å². The number of carbonyl (C=O) groups excluding carboxylic acids is 2. The Morgan fingerprint density at radius 2 is 1.67 bits per heavy atom. The van der Waals surface area contributed by atoms with Crippen molar-refractivity contribution in [1.29, 1.82) is 0 Å². The second-order valence-electron chi connectivity index (χ2n) is 3.86. The molecule has 0 aromatic heterocycles. The van der Waals surface area contributed by atoms with E-state index in [1.807, 2.05) is 0 Å². The first-order valence-corrected chi connectivity index (χ1v) is 5.51. The number of hydrogen-bond donors (Lipinski definition) is 0. The minimum Gasteiger partial charge on any atom is -0.456 e. The highest BCUT2D eigenvalue weighted by molar-refractivity contribution is 5.67. The van der Waals surface area contributed by atoms with Crippen LogP contribution in [0.15, 0.2) is 0 Å². The maximum absolute atomic E-state index is 11.1. The van der Waals surface area contributed by atoms with Crippen LogP contribution in [0, 0.1) is 0 Å². The second kappa shape index (κ2) is 6.67. The highest BCUT2D eigenvalue weighted by Gasteiger charge is 2.46. The molecule has 0 spiro atoms. The summed E-state index contributed by atoms with van der Waals surface area (Å²) >= 11 is 0.